The molecule has 0 radical (unpaired) electrons. The van der Waals surface area contributed by atoms with Crippen LogP contribution in [-0.4, -0.2) is 18.2 Å². The number of hydrogen-bond acceptors (Lipinski definition) is 3. The zero-order valence-corrected chi connectivity index (χ0v) is 9.95. The molecule has 1 aromatic carbocycles. The lowest BCUT2D eigenvalue weighted by Gasteiger charge is -2.17. The first-order chi connectivity index (χ1) is 7.77. The van der Waals surface area contributed by atoms with Crippen LogP contribution in [0.3, 0.4) is 0 Å². The number of rotatable bonds is 7. The molecule has 0 saturated carbocycles. The van der Waals surface area contributed by atoms with Gasteiger partial charge in [0.05, 0.1) is 0 Å². The van der Waals surface area contributed by atoms with Crippen LogP contribution in [0, 0.1) is 0 Å². The number of phenolic OH excluding ortho intramolecular Hbond substituents is 1. The molecule has 0 fully saturated rings. The maximum absolute atomic E-state index is 9.22. The molecule has 0 bridgehead atoms. The van der Waals surface area contributed by atoms with E-state index in [-0.39, 0.29) is 0 Å². The lowest BCUT2D eigenvalue weighted by molar-refractivity contribution is 0.472. The van der Waals surface area contributed by atoms with Crippen LogP contribution in [0.5, 0.6) is 5.75 Å². The van der Waals surface area contributed by atoms with E-state index in [1.807, 2.05) is 12.1 Å². The molecule has 4 N–H and O–H groups in total. The van der Waals surface area contributed by atoms with Crippen molar-refractivity contribution in [1.82, 2.24) is 5.32 Å². The van der Waals surface area contributed by atoms with Crippen LogP contribution < -0.4 is 11.1 Å². The zero-order chi connectivity index (χ0) is 11.8. The van der Waals surface area contributed by atoms with Crippen molar-refractivity contribution >= 4 is 0 Å². The van der Waals surface area contributed by atoms with Gasteiger partial charge in [0.25, 0.3) is 0 Å². The summed E-state index contributed by atoms with van der Waals surface area (Å²) in [4.78, 5) is 0. The van der Waals surface area contributed by atoms with E-state index in [9.17, 15) is 5.11 Å². The second kappa shape index (κ2) is 7.25. The van der Waals surface area contributed by atoms with Gasteiger partial charge in [0.2, 0.25) is 0 Å². The molecule has 0 spiro atoms. The number of unbranched alkanes of at least 4 members (excludes halogenated alkanes) is 1. The predicted molar refractivity (Wildman–Crippen MR) is 67.4 cm³/mol. The van der Waals surface area contributed by atoms with Crippen LogP contribution >= 0.6 is 0 Å². The molecule has 1 atom stereocenters. The minimum atomic E-state index is 0.321. The third-order valence-corrected chi connectivity index (χ3v) is 2.73. The highest BCUT2D eigenvalue weighted by molar-refractivity contribution is 5.27. The summed E-state index contributed by atoms with van der Waals surface area (Å²) in [7, 11) is 0. The van der Waals surface area contributed by atoms with E-state index in [0.29, 0.717) is 11.8 Å². The van der Waals surface area contributed by atoms with Gasteiger partial charge < -0.3 is 16.2 Å². The molecule has 16 heavy (non-hydrogen) atoms. The lowest BCUT2D eigenvalue weighted by Crippen LogP contribution is -2.22. The SMILES string of the molecule is CCC(NCCCCN)c1ccc(O)cc1. The lowest BCUT2D eigenvalue weighted by atomic mass is 10.0. The first-order valence-electron chi connectivity index (χ1n) is 6.00. The molecule has 0 aromatic heterocycles. The van der Waals surface area contributed by atoms with Gasteiger partial charge in [-0.25, -0.2) is 0 Å². The van der Waals surface area contributed by atoms with E-state index in [1.54, 1.807) is 12.1 Å². The molecule has 0 amide bonds. The van der Waals surface area contributed by atoms with Crippen molar-refractivity contribution in [3.8, 4) is 5.75 Å². The van der Waals surface area contributed by atoms with Crippen LogP contribution in [0.15, 0.2) is 24.3 Å². The third-order valence-electron chi connectivity index (χ3n) is 2.73. The molecule has 3 nitrogen and oxygen atoms in total. The fraction of sp³-hybridized carbons (Fsp3) is 0.538. The Morgan fingerprint density at radius 2 is 1.94 bits per heavy atom. The summed E-state index contributed by atoms with van der Waals surface area (Å²) in [5, 5.41) is 12.7. The second-order valence-electron chi connectivity index (χ2n) is 4.00. The molecule has 0 saturated heterocycles. The Kier molecular flexibility index (Phi) is 5.90. The van der Waals surface area contributed by atoms with Gasteiger partial charge in [-0.2, -0.15) is 0 Å². The maximum atomic E-state index is 9.22. The van der Waals surface area contributed by atoms with E-state index in [1.165, 1.54) is 5.56 Å². The zero-order valence-electron chi connectivity index (χ0n) is 9.95. The summed E-state index contributed by atoms with van der Waals surface area (Å²) in [6.07, 6.45) is 3.23. The Balaban J connectivity index is 2.44. The van der Waals surface area contributed by atoms with Crippen molar-refractivity contribution in [3.63, 3.8) is 0 Å². The van der Waals surface area contributed by atoms with Crippen molar-refractivity contribution in [2.24, 2.45) is 5.73 Å². The molecule has 0 heterocycles. The van der Waals surface area contributed by atoms with E-state index in [2.05, 4.69) is 12.2 Å². The fourth-order valence-electron chi connectivity index (χ4n) is 1.75. The Morgan fingerprint density at radius 3 is 2.50 bits per heavy atom. The van der Waals surface area contributed by atoms with Gasteiger partial charge in [-0.05, 0) is 50.0 Å². The number of benzene rings is 1. The first-order valence-corrected chi connectivity index (χ1v) is 6.00. The van der Waals surface area contributed by atoms with Gasteiger partial charge in [-0.15, -0.1) is 0 Å². The molecular formula is C13H22N2O. The average Bonchev–Trinajstić information content (AvgIpc) is 2.31. The Bertz CT molecular complexity index is 284. The van der Waals surface area contributed by atoms with Gasteiger partial charge in [-0.3, -0.25) is 0 Å². The van der Waals surface area contributed by atoms with E-state index in [4.69, 9.17) is 5.73 Å². The van der Waals surface area contributed by atoms with Crippen molar-refractivity contribution in [1.29, 1.82) is 0 Å². The highest BCUT2D eigenvalue weighted by Crippen LogP contribution is 2.19. The highest BCUT2D eigenvalue weighted by atomic mass is 16.3. The Labute approximate surface area is 97.7 Å². The summed E-state index contributed by atoms with van der Waals surface area (Å²) < 4.78 is 0. The van der Waals surface area contributed by atoms with E-state index in [0.717, 1.165) is 32.4 Å². The fourth-order valence-corrected chi connectivity index (χ4v) is 1.75. The molecule has 0 aliphatic heterocycles. The number of nitrogens with two attached hydrogens (primary N) is 1. The smallest absolute Gasteiger partial charge is 0.115 e. The number of aromatic hydroxyl groups is 1. The first kappa shape index (κ1) is 13.0. The standard InChI is InChI=1S/C13H22N2O/c1-2-13(15-10-4-3-9-14)11-5-7-12(16)8-6-11/h5-8,13,15-16H,2-4,9-10,14H2,1H3. The quantitative estimate of drug-likeness (QED) is 0.620. The van der Waals surface area contributed by atoms with E-state index < -0.39 is 0 Å². The summed E-state index contributed by atoms with van der Waals surface area (Å²) in [6, 6.07) is 7.79. The molecule has 1 unspecified atom stereocenters. The summed E-state index contributed by atoms with van der Waals surface area (Å²) in [5.41, 5.74) is 6.68. The summed E-state index contributed by atoms with van der Waals surface area (Å²) >= 11 is 0. The average molecular weight is 222 g/mol. The predicted octanol–water partition coefficient (Wildman–Crippen LogP) is 2.17. The Hall–Kier alpha value is -1.06. The normalized spacial score (nSPS) is 12.6. The Morgan fingerprint density at radius 1 is 1.25 bits per heavy atom. The molecule has 0 aliphatic rings. The number of hydrogen-bond donors (Lipinski definition) is 3. The second-order valence-corrected chi connectivity index (χ2v) is 4.00. The summed E-state index contributed by atoms with van der Waals surface area (Å²) in [6.45, 7) is 3.92. The minimum Gasteiger partial charge on any atom is -0.508 e. The third kappa shape index (κ3) is 4.21. The highest BCUT2D eigenvalue weighted by Gasteiger charge is 2.07. The monoisotopic (exact) mass is 222 g/mol. The molecule has 90 valence electrons. The van der Waals surface area contributed by atoms with Crippen LogP contribution in [0.4, 0.5) is 0 Å². The van der Waals surface area contributed by atoms with Crippen molar-refractivity contribution in [3.05, 3.63) is 29.8 Å². The molecule has 1 rings (SSSR count). The summed E-state index contributed by atoms with van der Waals surface area (Å²) in [5.74, 6) is 0.321. The van der Waals surface area contributed by atoms with Crippen molar-refractivity contribution < 1.29 is 5.11 Å². The van der Waals surface area contributed by atoms with Crippen molar-refractivity contribution in [2.75, 3.05) is 13.1 Å². The minimum absolute atomic E-state index is 0.321. The van der Waals surface area contributed by atoms with Gasteiger partial charge in [0.15, 0.2) is 0 Å². The van der Waals surface area contributed by atoms with Gasteiger partial charge in [-0.1, -0.05) is 19.1 Å². The van der Waals surface area contributed by atoms with Crippen LogP contribution in [-0.2, 0) is 0 Å². The van der Waals surface area contributed by atoms with Gasteiger partial charge >= 0.3 is 0 Å². The molecule has 0 aliphatic carbocycles. The molecule has 1 aromatic rings. The molecule has 3 heteroatoms. The maximum Gasteiger partial charge on any atom is 0.115 e. The van der Waals surface area contributed by atoms with Gasteiger partial charge in [0.1, 0.15) is 5.75 Å². The van der Waals surface area contributed by atoms with Crippen molar-refractivity contribution in [2.45, 2.75) is 32.2 Å². The number of phenols is 1. The largest absolute Gasteiger partial charge is 0.508 e. The van der Waals surface area contributed by atoms with Crippen LogP contribution in [0.25, 0.3) is 0 Å². The number of nitrogens with one attached hydrogen (secondary N) is 1. The molecular weight excluding hydrogens is 200 g/mol. The topological polar surface area (TPSA) is 58.3 Å². The van der Waals surface area contributed by atoms with E-state index >= 15 is 0 Å². The van der Waals surface area contributed by atoms with Gasteiger partial charge in [0, 0.05) is 6.04 Å². The van der Waals surface area contributed by atoms with Crippen LogP contribution in [0.1, 0.15) is 37.8 Å². The van der Waals surface area contributed by atoms with Crippen LogP contribution in [0.2, 0.25) is 0 Å².